The number of hydroxylamine groups is 2. The first kappa shape index (κ1) is 10.3. The van der Waals surface area contributed by atoms with Gasteiger partial charge < -0.3 is 16.4 Å². The Hall–Kier alpha value is -1.27. The Balaban J connectivity index is 2.12. The summed E-state index contributed by atoms with van der Waals surface area (Å²) in [6.07, 6.45) is 4.73. The molecule has 1 unspecified atom stereocenters. The molecule has 0 aliphatic carbocycles. The van der Waals surface area contributed by atoms with Crippen LogP contribution in [0.1, 0.15) is 19.3 Å². The van der Waals surface area contributed by atoms with Crippen LogP contribution in [0.15, 0.2) is 16.9 Å². The second-order valence-electron chi connectivity index (χ2n) is 3.88. The molecule has 0 aromatic carbocycles. The van der Waals surface area contributed by atoms with Gasteiger partial charge in [0, 0.05) is 13.1 Å². The Kier molecular flexibility index (Phi) is 2.79. The van der Waals surface area contributed by atoms with Crippen molar-refractivity contribution in [1.29, 1.82) is 0 Å². The summed E-state index contributed by atoms with van der Waals surface area (Å²) in [6.45, 7) is 1.97. The van der Waals surface area contributed by atoms with Crippen LogP contribution in [0.3, 0.4) is 0 Å². The van der Waals surface area contributed by atoms with E-state index >= 15 is 0 Å². The van der Waals surface area contributed by atoms with Gasteiger partial charge in [-0.1, -0.05) is 0 Å². The van der Waals surface area contributed by atoms with Crippen LogP contribution in [-0.2, 0) is 0 Å². The number of piperidine rings is 1. The van der Waals surface area contributed by atoms with Crippen LogP contribution in [0.2, 0.25) is 0 Å². The van der Waals surface area contributed by atoms with E-state index in [0.29, 0.717) is 0 Å². The third-order valence-electron chi connectivity index (χ3n) is 2.75. The fraction of sp³-hybridized carbons (Fsp3) is 0.667. The average Bonchev–Trinajstić information content (AvgIpc) is 2.26. The lowest BCUT2D eigenvalue weighted by Gasteiger charge is -2.33. The highest BCUT2D eigenvalue weighted by Gasteiger charge is 2.22. The van der Waals surface area contributed by atoms with Crippen LogP contribution < -0.4 is 11.5 Å². The highest BCUT2D eigenvalue weighted by molar-refractivity contribution is 5.79. The van der Waals surface area contributed by atoms with Crippen molar-refractivity contribution in [3.63, 3.8) is 0 Å². The molecule has 2 rings (SSSR count). The van der Waals surface area contributed by atoms with E-state index in [1.54, 1.807) is 6.08 Å². The predicted molar refractivity (Wildman–Crippen MR) is 56.7 cm³/mol. The normalized spacial score (nSPS) is 27.5. The van der Waals surface area contributed by atoms with E-state index < -0.39 is 6.17 Å². The Morgan fingerprint density at radius 3 is 2.60 bits per heavy atom. The van der Waals surface area contributed by atoms with Gasteiger partial charge in [0.2, 0.25) is 5.96 Å². The molecule has 0 saturated carbocycles. The molecule has 2 aliphatic heterocycles. The van der Waals surface area contributed by atoms with E-state index in [4.69, 9.17) is 11.5 Å². The Labute approximate surface area is 88.8 Å². The molecule has 5 N–H and O–H groups in total. The zero-order valence-corrected chi connectivity index (χ0v) is 8.63. The molecule has 6 heteroatoms. The van der Waals surface area contributed by atoms with Gasteiger partial charge in [-0.3, -0.25) is 5.21 Å². The molecule has 1 fully saturated rings. The summed E-state index contributed by atoms with van der Waals surface area (Å²) < 4.78 is 0. The van der Waals surface area contributed by atoms with Crippen molar-refractivity contribution in [2.45, 2.75) is 25.4 Å². The predicted octanol–water partition coefficient (Wildman–Crippen LogP) is -0.382. The molecule has 0 radical (unpaired) electrons. The molecule has 0 bridgehead atoms. The van der Waals surface area contributed by atoms with E-state index in [9.17, 15) is 5.21 Å². The van der Waals surface area contributed by atoms with Gasteiger partial charge in [0.15, 0.2) is 0 Å². The summed E-state index contributed by atoms with van der Waals surface area (Å²) in [5.41, 5.74) is 11.2. The zero-order chi connectivity index (χ0) is 10.8. The molecule has 0 aromatic heterocycles. The lowest BCUT2D eigenvalue weighted by atomic mass is 10.1. The van der Waals surface area contributed by atoms with Crippen molar-refractivity contribution in [3.05, 3.63) is 11.9 Å². The van der Waals surface area contributed by atoms with Gasteiger partial charge in [0.05, 0.1) is 0 Å². The van der Waals surface area contributed by atoms with Crippen LogP contribution in [0.5, 0.6) is 0 Å². The summed E-state index contributed by atoms with van der Waals surface area (Å²) in [5.74, 6) is 0.843. The van der Waals surface area contributed by atoms with Crippen molar-refractivity contribution in [2.75, 3.05) is 13.1 Å². The number of aliphatic imine (C=N–C) groups is 1. The Bertz CT molecular complexity index is 295. The topological polar surface area (TPSA) is 91.1 Å². The molecular formula is C9H17N5O. The maximum Gasteiger partial charge on any atom is 0.224 e. The maximum absolute atomic E-state index is 9.35. The van der Waals surface area contributed by atoms with Crippen LogP contribution in [0.25, 0.3) is 0 Å². The van der Waals surface area contributed by atoms with Crippen molar-refractivity contribution < 1.29 is 5.21 Å². The molecule has 0 aromatic rings. The van der Waals surface area contributed by atoms with Crippen LogP contribution >= 0.6 is 0 Å². The summed E-state index contributed by atoms with van der Waals surface area (Å²) in [6, 6.07) is 0. The summed E-state index contributed by atoms with van der Waals surface area (Å²) in [7, 11) is 0. The fourth-order valence-corrected chi connectivity index (χ4v) is 1.88. The highest BCUT2D eigenvalue weighted by atomic mass is 16.5. The molecule has 1 atom stereocenters. The van der Waals surface area contributed by atoms with E-state index in [1.807, 2.05) is 0 Å². The van der Waals surface area contributed by atoms with Crippen molar-refractivity contribution >= 4 is 5.96 Å². The molecular weight excluding hydrogens is 194 g/mol. The highest BCUT2D eigenvalue weighted by Crippen LogP contribution is 2.18. The number of nitrogens with two attached hydrogens (primary N) is 2. The summed E-state index contributed by atoms with van der Waals surface area (Å²) >= 11 is 0. The average molecular weight is 211 g/mol. The first-order valence-electron chi connectivity index (χ1n) is 5.23. The molecule has 0 spiro atoms. The van der Waals surface area contributed by atoms with Gasteiger partial charge >= 0.3 is 0 Å². The summed E-state index contributed by atoms with van der Waals surface area (Å²) in [4.78, 5) is 6.27. The molecule has 1 saturated heterocycles. The first-order chi connectivity index (χ1) is 7.18. The van der Waals surface area contributed by atoms with Gasteiger partial charge in [-0.15, -0.1) is 0 Å². The van der Waals surface area contributed by atoms with E-state index in [0.717, 1.165) is 24.0 Å². The van der Waals surface area contributed by atoms with Gasteiger partial charge in [0.1, 0.15) is 12.0 Å². The van der Waals surface area contributed by atoms with Crippen molar-refractivity contribution in [1.82, 2.24) is 9.96 Å². The minimum absolute atomic E-state index is 0.0607. The third-order valence-corrected chi connectivity index (χ3v) is 2.75. The molecule has 0 amide bonds. The molecule has 6 nitrogen and oxygen atoms in total. The van der Waals surface area contributed by atoms with Crippen molar-refractivity contribution in [3.8, 4) is 0 Å². The van der Waals surface area contributed by atoms with E-state index in [2.05, 4.69) is 9.89 Å². The number of hydrogen-bond acceptors (Lipinski definition) is 6. The van der Waals surface area contributed by atoms with Gasteiger partial charge in [-0.05, 0) is 25.3 Å². The fourth-order valence-electron chi connectivity index (χ4n) is 1.88. The number of rotatable bonds is 1. The molecule has 2 aliphatic rings. The molecule has 15 heavy (non-hydrogen) atoms. The Morgan fingerprint density at radius 1 is 1.33 bits per heavy atom. The maximum atomic E-state index is 9.35. The molecule has 2 heterocycles. The zero-order valence-electron chi connectivity index (χ0n) is 8.63. The van der Waals surface area contributed by atoms with Crippen LogP contribution in [-0.4, -0.2) is 40.4 Å². The lowest BCUT2D eigenvalue weighted by Crippen LogP contribution is -2.49. The van der Waals surface area contributed by atoms with Crippen LogP contribution in [0.4, 0.5) is 0 Å². The van der Waals surface area contributed by atoms with Crippen LogP contribution in [0, 0.1) is 0 Å². The minimum Gasteiger partial charge on any atom is -0.368 e. The standard InChI is InChI=1S/C9H17N5O/c10-7-6-8(12-9(11)14(7)15)13-4-2-1-3-5-13/h6-7,15H,1-5,10H2,(H2,11,12). The largest absolute Gasteiger partial charge is 0.368 e. The smallest absolute Gasteiger partial charge is 0.224 e. The second kappa shape index (κ2) is 4.08. The van der Waals surface area contributed by atoms with E-state index in [1.165, 1.54) is 19.3 Å². The van der Waals surface area contributed by atoms with E-state index in [-0.39, 0.29) is 5.96 Å². The van der Waals surface area contributed by atoms with Gasteiger partial charge in [-0.2, -0.15) is 4.99 Å². The summed E-state index contributed by atoms with van der Waals surface area (Å²) in [5, 5.41) is 10.1. The third kappa shape index (κ3) is 2.05. The molecule has 84 valence electrons. The number of guanidine groups is 1. The van der Waals surface area contributed by atoms with Gasteiger partial charge in [-0.25, -0.2) is 5.06 Å². The first-order valence-corrected chi connectivity index (χ1v) is 5.23. The quantitative estimate of drug-likeness (QED) is 0.550. The SMILES string of the molecule is NC1=NC(N2CCCCC2)=CC(N)N1O. The minimum atomic E-state index is -0.598. The lowest BCUT2D eigenvalue weighted by molar-refractivity contribution is -0.0414. The van der Waals surface area contributed by atoms with Gasteiger partial charge in [0.25, 0.3) is 0 Å². The number of likely N-dealkylation sites (tertiary alicyclic amines) is 1. The number of hydrogen-bond donors (Lipinski definition) is 3. The second-order valence-corrected chi connectivity index (χ2v) is 3.88. The monoisotopic (exact) mass is 211 g/mol. The van der Waals surface area contributed by atoms with Crippen molar-refractivity contribution in [2.24, 2.45) is 16.5 Å². The Morgan fingerprint density at radius 2 is 2.00 bits per heavy atom. The number of nitrogens with zero attached hydrogens (tertiary/aromatic N) is 3.